The van der Waals surface area contributed by atoms with Gasteiger partial charge in [-0.3, -0.25) is 4.99 Å². The lowest BCUT2D eigenvalue weighted by atomic mass is 10.0. The van der Waals surface area contributed by atoms with Crippen LogP contribution in [-0.2, 0) is 4.74 Å². The van der Waals surface area contributed by atoms with Crippen LogP contribution >= 0.6 is 24.0 Å². The molecular formula is C13H28IN3O. The van der Waals surface area contributed by atoms with Gasteiger partial charge in [-0.1, -0.05) is 20.8 Å². The van der Waals surface area contributed by atoms with E-state index >= 15 is 0 Å². The van der Waals surface area contributed by atoms with E-state index in [1.807, 2.05) is 0 Å². The molecule has 0 amide bonds. The molecule has 1 atom stereocenters. The fourth-order valence-electron chi connectivity index (χ4n) is 2.04. The first kappa shape index (κ1) is 18.0. The van der Waals surface area contributed by atoms with Crippen molar-refractivity contribution in [1.29, 1.82) is 0 Å². The summed E-state index contributed by atoms with van der Waals surface area (Å²) in [7, 11) is 0. The second-order valence-corrected chi connectivity index (χ2v) is 5.40. The van der Waals surface area contributed by atoms with Crippen molar-refractivity contribution in [2.24, 2.45) is 22.6 Å². The summed E-state index contributed by atoms with van der Waals surface area (Å²) in [5, 5.41) is 0. The predicted molar refractivity (Wildman–Crippen MR) is 87.5 cm³/mol. The van der Waals surface area contributed by atoms with Crippen LogP contribution in [-0.4, -0.2) is 43.7 Å². The van der Waals surface area contributed by atoms with Crippen molar-refractivity contribution in [3.8, 4) is 0 Å². The van der Waals surface area contributed by atoms with Crippen LogP contribution in [0.2, 0.25) is 0 Å². The third-order valence-corrected chi connectivity index (χ3v) is 2.94. The number of nitrogens with zero attached hydrogens (tertiary/aromatic N) is 2. The van der Waals surface area contributed by atoms with E-state index in [2.05, 4.69) is 30.7 Å². The molecule has 4 nitrogen and oxygen atoms in total. The van der Waals surface area contributed by atoms with E-state index in [0.717, 1.165) is 25.6 Å². The number of nitrogens with two attached hydrogens (primary N) is 1. The van der Waals surface area contributed by atoms with Gasteiger partial charge in [-0.25, -0.2) is 0 Å². The van der Waals surface area contributed by atoms with Gasteiger partial charge >= 0.3 is 0 Å². The molecule has 0 bridgehead atoms. The summed E-state index contributed by atoms with van der Waals surface area (Å²) in [6.45, 7) is 10.8. The maximum atomic E-state index is 5.97. The van der Waals surface area contributed by atoms with Crippen LogP contribution < -0.4 is 5.73 Å². The Labute approximate surface area is 128 Å². The van der Waals surface area contributed by atoms with Crippen LogP contribution in [0, 0.1) is 11.8 Å². The molecule has 0 aliphatic carbocycles. The van der Waals surface area contributed by atoms with Crippen molar-refractivity contribution in [2.45, 2.75) is 33.6 Å². The van der Waals surface area contributed by atoms with Crippen molar-refractivity contribution < 1.29 is 4.74 Å². The number of rotatable bonds is 5. The average molecular weight is 369 g/mol. The quantitative estimate of drug-likeness (QED) is 0.350. The largest absolute Gasteiger partial charge is 0.379 e. The Hall–Kier alpha value is -0.0400. The Bertz CT molecular complexity index is 246. The molecule has 0 aromatic rings. The topological polar surface area (TPSA) is 50.9 Å². The minimum absolute atomic E-state index is 0. The summed E-state index contributed by atoms with van der Waals surface area (Å²) in [6, 6.07) is 0. The highest BCUT2D eigenvalue weighted by molar-refractivity contribution is 14.0. The highest BCUT2D eigenvalue weighted by Crippen LogP contribution is 2.14. The molecule has 1 aliphatic rings. The van der Waals surface area contributed by atoms with E-state index in [1.54, 1.807) is 0 Å². The lowest BCUT2D eigenvalue weighted by Crippen LogP contribution is -2.43. The standard InChI is InChI=1S/C13H27N3O.HI/c1-11(2)10-17-8-6-15-13(14)16-7-4-5-12(3)9-16;/h11-12H,4-10H2,1-3H3,(H2,14,15);1H. The number of likely N-dealkylation sites (tertiary alicyclic amines) is 1. The second-order valence-electron chi connectivity index (χ2n) is 5.40. The van der Waals surface area contributed by atoms with Gasteiger partial charge in [0.05, 0.1) is 13.2 Å². The van der Waals surface area contributed by atoms with E-state index in [4.69, 9.17) is 10.5 Å². The summed E-state index contributed by atoms with van der Waals surface area (Å²) >= 11 is 0. The Morgan fingerprint density at radius 2 is 2.22 bits per heavy atom. The number of halogens is 1. The fraction of sp³-hybridized carbons (Fsp3) is 0.923. The van der Waals surface area contributed by atoms with Crippen LogP contribution in [0.15, 0.2) is 4.99 Å². The third-order valence-electron chi connectivity index (χ3n) is 2.94. The number of hydrogen-bond acceptors (Lipinski definition) is 2. The molecule has 18 heavy (non-hydrogen) atoms. The molecular weight excluding hydrogens is 341 g/mol. The maximum absolute atomic E-state index is 5.97. The van der Waals surface area contributed by atoms with Gasteiger partial charge in [-0.2, -0.15) is 0 Å². The Kier molecular flexibility index (Phi) is 9.81. The van der Waals surface area contributed by atoms with E-state index in [9.17, 15) is 0 Å². The van der Waals surface area contributed by atoms with Gasteiger partial charge in [0.1, 0.15) is 0 Å². The molecule has 0 saturated carbocycles. The van der Waals surface area contributed by atoms with Gasteiger partial charge < -0.3 is 15.4 Å². The highest BCUT2D eigenvalue weighted by Gasteiger charge is 2.17. The van der Waals surface area contributed by atoms with Crippen LogP contribution in [0.3, 0.4) is 0 Å². The molecule has 5 heteroatoms. The van der Waals surface area contributed by atoms with Crippen LogP contribution in [0.4, 0.5) is 0 Å². The van der Waals surface area contributed by atoms with Crippen molar-refractivity contribution in [1.82, 2.24) is 4.90 Å². The molecule has 1 fully saturated rings. The van der Waals surface area contributed by atoms with E-state index in [-0.39, 0.29) is 24.0 Å². The summed E-state index contributed by atoms with van der Waals surface area (Å²) in [4.78, 5) is 6.57. The molecule has 0 aromatic heterocycles. The van der Waals surface area contributed by atoms with Crippen molar-refractivity contribution >= 4 is 29.9 Å². The van der Waals surface area contributed by atoms with E-state index in [1.165, 1.54) is 12.8 Å². The van der Waals surface area contributed by atoms with Crippen LogP contribution in [0.1, 0.15) is 33.6 Å². The lowest BCUT2D eigenvalue weighted by Gasteiger charge is -2.31. The van der Waals surface area contributed by atoms with Crippen LogP contribution in [0.5, 0.6) is 0 Å². The van der Waals surface area contributed by atoms with Gasteiger partial charge in [0, 0.05) is 19.7 Å². The molecule has 1 heterocycles. The highest BCUT2D eigenvalue weighted by atomic mass is 127. The number of hydrogen-bond donors (Lipinski definition) is 1. The number of piperidine rings is 1. The Balaban J connectivity index is 0.00000289. The minimum atomic E-state index is 0. The normalized spacial score (nSPS) is 21.0. The first-order chi connectivity index (χ1) is 8.09. The SMILES string of the molecule is CC(C)COCCN=C(N)N1CCCC(C)C1.I. The summed E-state index contributed by atoms with van der Waals surface area (Å²) in [5.74, 6) is 2.00. The molecule has 1 saturated heterocycles. The first-order valence-corrected chi connectivity index (χ1v) is 6.72. The van der Waals surface area contributed by atoms with E-state index in [0.29, 0.717) is 25.0 Å². The van der Waals surface area contributed by atoms with E-state index < -0.39 is 0 Å². The van der Waals surface area contributed by atoms with Crippen LogP contribution in [0.25, 0.3) is 0 Å². The van der Waals surface area contributed by atoms with Crippen molar-refractivity contribution in [3.05, 3.63) is 0 Å². The summed E-state index contributed by atoms with van der Waals surface area (Å²) < 4.78 is 5.47. The van der Waals surface area contributed by atoms with Gasteiger partial charge in [-0.15, -0.1) is 24.0 Å². The predicted octanol–water partition coefficient (Wildman–Crippen LogP) is 2.32. The maximum Gasteiger partial charge on any atom is 0.191 e. The zero-order valence-electron chi connectivity index (χ0n) is 11.9. The summed E-state index contributed by atoms with van der Waals surface area (Å²) in [6.07, 6.45) is 2.53. The molecule has 2 N–H and O–H groups in total. The zero-order valence-corrected chi connectivity index (χ0v) is 14.2. The van der Waals surface area contributed by atoms with Crippen molar-refractivity contribution in [3.63, 3.8) is 0 Å². The van der Waals surface area contributed by atoms with Crippen molar-refractivity contribution in [2.75, 3.05) is 32.8 Å². The molecule has 0 radical (unpaired) electrons. The molecule has 0 spiro atoms. The average Bonchev–Trinajstić information content (AvgIpc) is 2.28. The minimum Gasteiger partial charge on any atom is -0.379 e. The number of guanidine groups is 1. The molecule has 1 aliphatic heterocycles. The third kappa shape index (κ3) is 7.41. The smallest absolute Gasteiger partial charge is 0.191 e. The van der Waals surface area contributed by atoms with Gasteiger partial charge in [0.15, 0.2) is 5.96 Å². The number of ether oxygens (including phenoxy) is 1. The fourth-order valence-corrected chi connectivity index (χ4v) is 2.04. The molecule has 1 unspecified atom stereocenters. The lowest BCUT2D eigenvalue weighted by molar-refractivity contribution is 0.116. The van der Waals surface area contributed by atoms with Gasteiger partial charge in [0.2, 0.25) is 0 Å². The Morgan fingerprint density at radius 1 is 1.50 bits per heavy atom. The first-order valence-electron chi connectivity index (χ1n) is 6.72. The molecule has 1 rings (SSSR count). The zero-order chi connectivity index (χ0) is 12.7. The Morgan fingerprint density at radius 3 is 2.83 bits per heavy atom. The summed E-state index contributed by atoms with van der Waals surface area (Å²) in [5.41, 5.74) is 5.97. The molecule has 108 valence electrons. The monoisotopic (exact) mass is 369 g/mol. The van der Waals surface area contributed by atoms with Gasteiger partial charge in [0.25, 0.3) is 0 Å². The number of aliphatic imine (C=N–C) groups is 1. The second kappa shape index (κ2) is 9.83. The molecule has 0 aromatic carbocycles. The van der Waals surface area contributed by atoms with Gasteiger partial charge in [-0.05, 0) is 24.7 Å².